The van der Waals surface area contributed by atoms with Crippen LogP contribution in [0.25, 0.3) is 10.9 Å². The van der Waals surface area contributed by atoms with Gasteiger partial charge in [-0.2, -0.15) is 0 Å². The van der Waals surface area contributed by atoms with Gasteiger partial charge in [-0.05, 0) is 29.3 Å². The largest absolute Gasteiger partial charge is 0.493 e. The summed E-state index contributed by atoms with van der Waals surface area (Å²) in [5.74, 6) is 0.883. The van der Waals surface area contributed by atoms with Crippen LogP contribution in [0.2, 0.25) is 0 Å². The Labute approximate surface area is 203 Å². The zero-order valence-corrected chi connectivity index (χ0v) is 19.4. The van der Waals surface area contributed by atoms with Gasteiger partial charge in [-0.3, -0.25) is 0 Å². The van der Waals surface area contributed by atoms with Gasteiger partial charge in [-0.1, -0.05) is 48.5 Å². The maximum atomic E-state index is 12.4. The number of nitrogens with zero attached hydrogens (tertiary/aromatic N) is 3. The van der Waals surface area contributed by atoms with Gasteiger partial charge in [0.25, 0.3) is 0 Å². The summed E-state index contributed by atoms with van der Waals surface area (Å²) in [5.41, 5.74) is 3.64. The highest BCUT2D eigenvalue weighted by Crippen LogP contribution is 2.40. The first kappa shape index (κ1) is 23.3. The molecule has 0 saturated carbocycles. The van der Waals surface area contributed by atoms with Crippen molar-refractivity contribution >= 4 is 35.1 Å². The molecule has 1 atom stereocenters. The van der Waals surface area contributed by atoms with Crippen LogP contribution in [-0.4, -0.2) is 34.2 Å². The van der Waals surface area contributed by atoms with E-state index >= 15 is 0 Å². The van der Waals surface area contributed by atoms with Gasteiger partial charge in [0, 0.05) is 23.9 Å². The van der Waals surface area contributed by atoms with Crippen molar-refractivity contribution in [1.29, 1.82) is 0 Å². The molecule has 0 spiro atoms. The molecular formula is C26H24ClN3O4. The number of rotatable bonds is 6. The zero-order chi connectivity index (χ0) is 22.8. The first-order chi connectivity index (χ1) is 16.2. The van der Waals surface area contributed by atoms with Crippen LogP contribution in [-0.2, 0) is 24.4 Å². The monoisotopic (exact) mass is 477 g/mol. The second kappa shape index (κ2) is 9.97. The van der Waals surface area contributed by atoms with E-state index in [1.54, 1.807) is 7.11 Å². The predicted octanol–water partition coefficient (Wildman–Crippen LogP) is 4.66. The number of halogens is 1. The number of aliphatic carboxylic acids is 1. The van der Waals surface area contributed by atoms with Gasteiger partial charge in [-0.15, -0.1) is 12.4 Å². The molecule has 0 fully saturated rings. The average molecular weight is 478 g/mol. The molecule has 2 heterocycles. The third-order valence-electron chi connectivity index (χ3n) is 5.96. The lowest BCUT2D eigenvalue weighted by atomic mass is 9.92. The maximum Gasteiger partial charge on any atom is 0.326 e. The Morgan fingerprint density at radius 2 is 1.82 bits per heavy atom. The average Bonchev–Trinajstić information content (AvgIpc) is 2.86. The molecule has 1 N–H and O–H groups in total. The number of hydrogen-bond acceptors (Lipinski definition) is 6. The molecule has 0 aliphatic carbocycles. The predicted molar refractivity (Wildman–Crippen MR) is 132 cm³/mol. The topological polar surface area (TPSA) is 84.8 Å². The molecule has 0 radical (unpaired) electrons. The van der Waals surface area contributed by atoms with E-state index in [1.807, 2.05) is 71.6 Å². The minimum atomic E-state index is -0.917. The first-order valence-electron chi connectivity index (χ1n) is 10.7. The summed E-state index contributed by atoms with van der Waals surface area (Å²) >= 11 is 0. The first-order valence-corrected chi connectivity index (χ1v) is 10.7. The SMILES string of the molecule is COc1ccc2c(c1OCc1ccccc1)CC(C(=O)O)N(c1ncnc3ccccc13)C2.Cl. The van der Waals surface area contributed by atoms with Crippen LogP contribution in [0.1, 0.15) is 16.7 Å². The van der Waals surface area contributed by atoms with E-state index in [1.165, 1.54) is 6.33 Å². The number of carboxylic acid groups (broad SMARTS) is 1. The highest BCUT2D eigenvalue weighted by molar-refractivity contribution is 5.92. The van der Waals surface area contributed by atoms with Crippen molar-refractivity contribution in [3.05, 3.63) is 89.7 Å². The molecule has 1 aromatic heterocycles. The van der Waals surface area contributed by atoms with E-state index in [4.69, 9.17) is 9.47 Å². The van der Waals surface area contributed by atoms with Gasteiger partial charge in [0.05, 0.1) is 12.6 Å². The molecular weight excluding hydrogens is 454 g/mol. The third kappa shape index (κ3) is 4.34. The van der Waals surface area contributed by atoms with Crippen molar-refractivity contribution in [1.82, 2.24) is 9.97 Å². The van der Waals surface area contributed by atoms with Crippen molar-refractivity contribution in [2.75, 3.05) is 12.0 Å². The van der Waals surface area contributed by atoms with Crippen molar-refractivity contribution in [2.24, 2.45) is 0 Å². The van der Waals surface area contributed by atoms with E-state index in [0.717, 1.165) is 27.6 Å². The lowest BCUT2D eigenvalue weighted by Gasteiger charge is -2.36. The third-order valence-corrected chi connectivity index (χ3v) is 5.96. The summed E-state index contributed by atoms with van der Waals surface area (Å²) in [4.78, 5) is 23.0. The number of benzene rings is 3. The Balaban J connectivity index is 0.00000274. The van der Waals surface area contributed by atoms with Crippen LogP contribution >= 0.6 is 12.4 Å². The molecule has 0 amide bonds. The van der Waals surface area contributed by atoms with E-state index in [2.05, 4.69) is 9.97 Å². The molecule has 0 saturated heterocycles. The summed E-state index contributed by atoms with van der Waals surface area (Å²) in [7, 11) is 1.59. The van der Waals surface area contributed by atoms with Gasteiger partial charge >= 0.3 is 5.97 Å². The number of anilines is 1. The highest BCUT2D eigenvalue weighted by atomic mass is 35.5. The Kier molecular flexibility index (Phi) is 6.84. The van der Waals surface area contributed by atoms with Crippen LogP contribution in [0.5, 0.6) is 11.5 Å². The van der Waals surface area contributed by atoms with Crippen LogP contribution < -0.4 is 14.4 Å². The van der Waals surface area contributed by atoms with Gasteiger partial charge in [-0.25, -0.2) is 14.8 Å². The summed E-state index contributed by atoms with van der Waals surface area (Å²) in [6.07, 6.45) is 1.75. The number of aromatic nitrogens is 2. The molecule has 8 heteroatoms. The summed E-state index contributed by atoms with van der Waals surface area (Å²) < 4.78 is 11.7. The summed E-state index contributed by atoms with van der Waals surface area (Å²) in [6.45, 7) is 0.755. The number of ether oxygens (including phenoxy) is 2. The minimum Gasteiger partial charge on any atom is -0.493 e. The van der Waals surface area contributed by atoms with Crippen molar-refractivity contribution in [3.63, 3.8) is 0 Å². The highest BCUT2D eigenvalue weighted by Gasteiger charge is 2.35. The molecule has 7 nitrogen and oxygen atoms in total. The molecule has 1 aliphatic rings. The minimum absolute atomic E-state index is 0. The second-order valence-corrected chi connectivity index (χ2v) is 7.91. The van der Waals surface area contributed by atoms with Crippen LogP contribution in [0.3, 0.4) is 0 Å². The van der Waals surface area contributed by atoms with Gasteiger partial charge in [0.15, 0.2) is 11.5 Å². The Morgan fingerprint density at radius 3 is 2.59 bits per heavy atom. The standard InChI is InChI=1S/C26H23N3O4.ClH/c1-32-23-12-11-18-14-29(25-19-9-5-6-10-21(19)27-16-28-25)22(26(30)31)13-20(18)24(23)33-15-17-7-3-2-4-8-17;/h2-12,16,22H,13-15H2,1H3,(H,30,31);1H. The fourth-order valence-electron chi connectivity index (χ4n) is 4.33. The van der Waals surface area contributed by atoms with Gasteiger partial charge in [0.2, 0.25) is 0 Å². The Morgan fingerprint density at radius 1 is 1.06 bits per heavy atom. The smallest absolute Gasteiger partial charge is 0.326 e. The fraction of sp³-hybridized carbons (Fsp3) is 0.192. The number of fused-ring (bicyclic) bond motifs is 2. The van der Waals surface area contributed by atoms with Crippen LogP contribution in [0, 0.1) is 0 Å². The molecule has 1 aliphatic heterocycles. The number of carboxylic acids is 1. The summed E-state index contributed by atoms with van der Waals surface area (Å²) in [5, 5.41) is 11.0. The lowest BCUT2D eigenvalue weighted by molar-refractivity contribution is -0.138. The van der Waals surface area contributed by atoms with E-state index in [0.29, 0.717) is 30.5 Å². The Bertz CT molecular complexity index is 1310. The van der Waals surface area contributed by atoms with Crippen LogP contribution in [0.4, 0.5) is 5.82 Å². The molecule has 34 heavy (non-hydrogen) atoms. The summed E-state index contributed by atoms with van der Waals surface area (Å²) in [6, 6.07) is 20.5. The van der Waals surface area contributed by atoms with E-state index in [9.17, 15) is 9.90 Å². The van der Waals surface area contributed by atoms with Gasteiger partial charge < -0.3 is 19.5 Å². The van der Waals surface area contributed by atoms with E-state index < -0.39 is 12.0 Å². The maximum absolute atomic E-state index is 12.4. The van der Waals surface area contributed by atoms with Crippen molar-refractivity contribution < 1.29 is 19.4 Å². The number of hydrogen-bond donors (Lipinski definition) is 1. The number of carbonyl (C=O) groups is 1. The zero-order valence-electron chi connectivity index (χ0n) is 18.5. The van der Waals surface area contributed by atoms with Gasteiger partial charge in [0.1, 0.15) is 24.8 Å². The lowest BCUT2D eigenvalue weighted by Crippen LogP contribution is -2.46. The Hall–Kier alpha value is -3.84. The quantitative estimate of drug-likeness (QED) is 0.432. The van der Waals surface area contributed by atoms with Crippen molar-refractivity contribution in [2.45, 2.75) is 25.6 Å². The molecule has 3 aromatic carbocycles. The molecule has 174 valence electrons. The van der Waals surface area contributed by atoms with Crippen molar-refractivity contribution in [3.8, 4) is 11.5 Å². The normalized spacial score (nSPS) is 14.7. The molecule has 1 unspecified atom stereocenters. The molecule has 5 rings (SSSR count). The number of para-hydroxylation sites is 1. The number of methoxy groups -OCH3 is 1. The second-order valence-electron chi connectivity index (χ2n) is 7.91. The molecule has 4 aromatic rings. The van der Waals surface area contributed by atoms with Crippen LogP contribution in [0.15, 0.2) is 73.1 Å². The molecule has 0 bridgehead atoms. The fourth-order valence-corrected chi connectivity index (χ4v) is 4.33. The van der Waals surface area contributed by atoms with E-state index in [-0.39, 0.29) is 18.8 Å².